The van der Waals surface area contributed by atoms with E-state index in [1.807, 2.05) is 0 Å². The lowest BCUT2D eigenvalue weighted by molar-refractivity contribution is 1.19. The molecule has 0 radical (unpaired) electrons. The molecule has 0 amide bonds. The van der Waals surface area contributed by atoms with Gasteiger partial charge in [-0.25, -0.2) is 0 Å². The Kier molecular flexibility index (Phi) is 5.31. The number of nitrogens with one attached hydrogen (secondary N) is 1. The maximum atomic E-state index is 3.49. The third-order valence-electron chi connectivity index (χ3n) is 4.70. The molecule has 0 bridgehead atoms. The fourth-order valence-electron chi connectivity index (χ4n) is 3.24. The molecule has 4 aromatic carbocycles. The van der Waals surface area contributed by atoms with Crippen molar-refractivity contribution in [3.05, 3.63) is 131 Å². The summed E-state index contributed by atoms with van der Waals surface area (Å²) < 4.78 is 0. The molecule has 0 aromatic heterocycles. The minimum absolute atomic E-state index is 0.968. The van der Waals surface area contributed by atoms with E-state index in [0.717, 1.165) is 24.2 Å². The van der Waals surface area contributed by atoms with E-state index in [4.69, 9.17) is 0 Å². The van der Waals surface area contributed by atoms with Crippen molar-refractivity contribution in [3.63, 3.8) is 0 Å². The number of rotatable bonds is 6. The molecule has 0 aliphatic rings. The molecule has 4 rings (SSSR count). The second kappa shape index (κ2) is 8.37. The summed E-state index contributed by atoms with van der Waals surface area (Å²) in [4.78, 5) is 0. The first kappa shape index (κ1) is 17.1. The summed E-state index contributed by atoms with van der Waals surface area (Å²) in [5.41, 5.74) is 7.56. The molecule has 1 nitrogen and oxygen atoms in total. The third kappa shape index (κ3) is 4.86. The molecule has 0 atom stereocenters. The van der Waals surface area contributed by atoms with Crippen molar-refractivity contribution in [1.29, 1.82) is 0 Å². The van der Waals surface area contributed by atoms with Crippen molar-refractivity contribution in [1.82, 2.24) is 0 Å². The fraction of sp³-hybridized carbons (Fsp3) is 0.0769. The molecule has 0 aliphatic heterocycles. The minimum Gasteiger partial charge on any atom is -0.356 e. The fourth-order valence-corrected chi connectivity index (χ4v) is 3.24. The van der Waals surface area contributed by atoms with Crippen molar-refractivity contribution in [2.24, 2.45) is 0 Å². The number of benzene rings is 4. The summed E-state index contributed by atoms with van der Waals surface area (Å²) in [5.74, 6) is 0. The van der Waals surface area contributed by atoms with E-state index in [0.29, 0.717) is 0 Å². The molecule has 1 N–H and O–H groups in total. The van der Waals surface area contributed by atoms with Gasteiger partial charge in [-0.3, -0.25) is 0 Å². The zero-order chi connectivity index (χ0) is 18.3. The maximum absolute atomic E-state index is 3.49. The largest absolute Gasteiger partial charge is 0.356 e. The molecule has 0 aliphatic carbocycles. The summed E-state index contributed by atoms with van der Waals surface area (Å²) in [5, 5.41) is 3.49. The number of hydrogen-bond acceptors (Lipinski definition) is 1. The van der Waals surface area contributed by atoms with Crippen LogP contribution in [0.5, 0.6) is 0 Å². The normalized spacial score (nSPS) is 10.5. The second-order valence-corrected chi connectivity index (χ2v) is 6.84. The third-order valence-corrected chi connectivity index (χ3v) is 4.70. The van der Waals surface area contributed by atoms with E-state index in [-0.39, 0.29) is 0 Å². The van der Waals surface area contributed by atoms with Crippen LogP contribution in [0.3, 0.4) is 0 Å². The van der Waals surface area contributed by atoms with Gasteiger partial charge in [0.25, 0.3) is 0 Å². The average Bonchev–Trinajstić information content (AvgIpc) is 2.73. The quantitative estimate of drug-likeness (QED) is 0.413. The zero-order valence-electron chi connectivity index (χ0n) is 15.3. The Morgan fingerprint density at radius 1 is 0.370 bits per heavy atom. The van der Waals surface area contributed by atoms with Gasteiger partial charge in [-0.15, -0.1) is 0 Å². The highest BCUT2D eigenvalue weighted by Crippen LogP contribution is 2.20. The van der Waals surface area contributed by atoms with Crippen LogP contribution in [-0.4, -0.2) is 0 Å². The Labute approximate surface area is 161 Å². The first-order valence-corrected chi connectivity index (χ1v) is 9.38. The van der Waals surface area contributed by atoms with Gasteiger partial charge in [0, 0.05) is 11.4 Å². The van der Waals surface area contributed by atoms with Crippen LogP contribution in [-0.2, 0) is 12.8 Å². The van der Waals surface area contributed by atoms with Crippen molar-refractivity contribution >= 4 is 11.4 Å². The topological polar surface area (TPSA) is 12.0 Å². The average molecular weight is 349 g/mol. The van der Waals surface area contributed by atoms with E-state index in [1.165, 1.54) is 22.3 Å². The maximum Gasteiger partial charge on any atom is 0.0384 e. The summed E-state index contributed by atoms with van der Waals surface area (Å²) in [6.45, 7) is 0. The van der Waals surface area contributed by atoms with Crippen molar-refractivity contribution in [3.8, 4) is 0 Å². The Morgan fingerprint density at radius 3 is 1.07 bits per heavy atom. The van der Waals surface area contributed by atoms with E-state index >= 15 is 0 Å². The first-order chi connectivity index (χ1) is 13.3. The predicted molar refractivity (Wildman–Crippen MR) is 115 cm³/mol. The van der Waals surface area contributed by atoms with Crippen molar-refractivity contribution in [2.75, 3.05) is 5.32 Å². The Morgan fingerprint density at radius 2 is 0.704 bits per heavy atom. The molecule has 27 heavy (non-hydrogen) atoms. The highest BCUT2D eigenvalue weighted by molar-refractivity contribution is 5.60. The van der Waals surface area contributed by atoms with Gasteiger partial charge in [0.05, 0.1) is 0 Å². The van der Waals surface area contributed by atoms with E-state index in [1.54, 1.807) is 0 Å². The van der Waals surface area contributed by atoms with Crippen LogP contribution in [0.1, 0.15) is 22.3 Å². The zero-order valence-corrected chi connectivity index (χ0v) is 15.3. The first-order valence-electron chi connectivity index (χ1n) is 9.38. The monoisotopic (exact) mass is 349 g/mol. The molecule has 132 valence electrons. The molecular weight excluding hydrogens is 326 g/mol. The van der Waals surface area contributed by atoms with E-state index < -0.39 is 0 Å². The highest BCUT2D eigenvalue weighted by Gasteiger charge is 2.00. The predicted octanol–water partition coefficient (Wildman–Crippen LogP) is 6.61. The van der Waals surface area contributed by atoms with Gasteiger partial charge in [-0.05, 0) is 59.4 Å². The highest BCUT2D eigenvalue weighted by atomic mass is 14.9. The van der Waals surface area contributed by atoms with Crippen LogP contribution in [0.4, 0.5) is 11.4 Å². The molecule has 0 saturated heterocycles. The summed E-state index contributed by atoms with van der Waals surface area (Å²) in [6.07, 6.45) is 1.94. The number of hydrogen-bond donors (Lipinski definition) is 1. The molecule has 4 aromatic rings. The van der Waals surface area contributed by atoms with Crippen LogP contribution in [0.2, 0.25) is 0 Å². The van der Waals surface area contributed by atoms with Gasteiger partial charge < -0.3 is 5.32 Å². The van der Waals surface area contributed by atoms with Crippen LogP contribution in [0.25, 0.3) is 0 Å². The Bertz CT molecular complexity index is 873. The standard InChI is InChI=1S/C26H23N/c1-3-7-21(8-4-1)19-23-11-15-25(16-12-23)27-26-17-13-24(14-18-26)20-22-9-5-2-6-10-22/h1-18,27H,19-20H2. The summed E-state index contributed by atoms with van der Waals surface area (Å²) in [6, 6.07) is 38.5. The van der Waals surface area contributed by atoms with Crippen molar-refractivity contribution in [2.45, 2.75) is 12.8 Å². The van der Waals surface area contributed by atoms with E-state index in [9.17, 15) is 0 Å². The summed E-state index contributed by atoms with van der Waals surface area (Å²) >= 11 is 0. The van der Waals surface area contributed by atoms with E-state index in [2.05, 4.69) is 115 Å². The molecular formula is C26H23N. The lowest BCUT2D eigenvalue weighted by Crippen LogP contribution is -1.93. The van der Waals surface area contributed by atoms with Gasteiger partial charge in [0.2, 0.25) is 0 Å². The van der Waals surface area contributed by atoms with Crippen LogP contribution in [0.15, 0.2) is 109 Å². The van der Waals surface area contributed by atoms with Gasteiger partial charge in [-0.1, -0.05) is 84.9 Å². The van der Waals surface area contributed by atoms with Crippen LogP contribution in [0, 0.1) is 0 Å². The SMILES string of the molecule is c1ccc(Cc2ccc(Nc3ccc(Cc4ccccc4)cc3)cc2)cc1. The number of anilines is 2. The second-order valence-electron chi connectivity index (χ2n) is 6.84. The molecule has 0 heterocycles. The smallest absolute Gasteiger partial charge is 0.0384 e. The molecule has 0 fully saturated rings. The van der Waals surface area contributed by atoms with Crippen molar-refractivity contribution < 1.29 is 0 Å². The lowest BCUT2D eigenvalue weighted by atomic mass is 10.0. The molecule has 0 unspecified atom stereocenters. The van der Waals surface area contributed by atoms with Gasteiger partial charge in [-0.2, -0.15) is 0 Å². The van der Waals surface area contributed by atoms with Gasteiger partial charge in [0.1, 0.15) is 0 Å². The molecule has 1 heteroatoms. The Balaban J connectivity index is 1.37. The van der Waals surface area contributed by atoms with Gasteiger partial charge in [0.15, 0.2) is 0 Å². The molecule has 0 spiro atoms. The summed E-state index contributed by atoms with van der Waals surface area (Å²) in [7, 11) is 0. The van der Waals surface area contributed by atoms with Crippen LogP contribution < -0.4 is 5.32 Å². The minimum atomic E-state index is 0.968. The lowest BCUT2D eigenvalue weighted by Gasteiger charge is -2.09. The Hall–Kier alpha value is -3.32. The van der Waals surface area contributed by atoms with Gasteiger partial charge >= 0.3 is 0 Å². The molecule has 0 saturated carbocycles. The van der Waals surface area contributed by atoms with Crippen LogP contribution >= 0.6 is 0 Å².